The van der Waals surface area contributed by atoms with Gasteiger partial charge in [0.15, 0.2) is 0 Å². The molecule has 1 fully saturated rings. The number of anilines is 1. The van der Waals surface area contributed by atoms with Gasteiger partial charge in [0, 0.05) is 18.2 Å². The second-order valence-electron chi connectivity index (χ2n) is 6.87. The van der Waals surface area contributed by atoms with Gasteiger partial charge in [-0.15, -0.1) is 11.3 Å². The van der Waals surface area contributed by atoms with Gasteiger partial charge in [-0.3, -0.25) is 9.69 Å². The third-order valence-electron chi connectivity index (χ3n) is 4.91. The van der Waals surface area contributed by atoms with Crippen molar-refractivity contribution in [3.05, 3.63) is 53.5 Å². The van der Waals surface area contributed by atoms with Crippen LogP contribution in [0.1, 0.15) is 23.8 Å². The fourth-order valence-electron chi connectivity index (χ4n) is 3.54. The first-order chi connectivity index (χ1) is 13.2. The molecule has 2 heterocycles. The molecular weight excluding hydrogens is 358 g/mol. The molecule has 1 aliphatic heterocycles. The van der Waals surface area contributed by atoms with Crippen molar-refractivity contribution in [3.63, 3.8) is 0 Å². The number of hydrogen-bond donors (Lipinski definition) is 1. The van der Waals surface area contributed by atoms with E-state index < -0.39 is 0 Å². The number of nitrogens with zero attached hydrogens (tertiary/aromatic N) is 2. The molecule has 0 unspecified atom stereocenters. The zero-order chi connectivity index (χ0) is 18.6. The number of carbonyl (C=O) groups is 1. The molecule has 140 valence electrons. The van der Waals surface area contributed by atoms with Gasteiger partial charge in [-0.2, -0.15) is 0 Å². The van der Waals surface area contributed by atoms with E-state index in [1.54, 1.807) is 18.4 Å². The molecule has 6 heteroatoms. The van der Waals surface area contributed by atoms with E-state index in [2.05, 4.69) is 28.4 Å². The lowest BCUT2D eigenvalue weighted by Gasteiger charge is -2.31. The zero-order valence-electron chi connectivity index (χ0n) is 15.4. The Morgan fingerprint density at radius 3 is 2.85 bits per heavy atom. The summed E-state index contributed by atoms with van der Waals surface area (Å²) < 4.78 is 6.38. The number of para-hydroxylation sites is 1. The molecule has 3 aromatic rings. The van der Waals surface area contributed by atoms with Crippen molar-refractivity contribution in [3.8, 4) is 5.75 Å². The molecule has 0 bridgehead atoms. The van der Waals surface area contributed by atoms with Crippen molar-refractivity contribution in [2.24, 2.45) is 0 Å². The Morgan fingerprint density at radius 1 is 1.26 bits per heavy atom. The molecule has 1 atom stereocenters. The van der Waals surface area contributed by atoms with Gasteiger partial charge in [0.05, 0.1) is 28.9 Å². The van der Waals surface area contributed by atoms with Crippen LogP contribution in [0, 0.1) is 0 Å². The van der Waals surface area contributed by atoms with E-state index in [1.165, 1.54) is 9.71 Å². The molecule has 1 saturated heterocycles. The molecule has 1 N–H and O–H groups in total. The molecule has 1 amide bonds. The van der Waals surface area contributed by atoms with Crippen LogP contribution in [0.15, 0.2) is 48.5 Å². The predicted octanol–water partition coefficient (Wildman–Crippen LogP) is 4.12. The smallest absolute Gasteiger partial charge is 0.238 e. The largest absolute Gasteiger partial charge is 0.497 e. The number of benzene rings is 2. The summed E-state index contributed by atoms with van der Waals surface area (Å²) in [5, 5.41) is 4.16. The van der Waals surface area contributed by atoms with E-state index in [0.717, 1.165) is 42.9 Å². The maximum atomic E-state index is 12.4. The lowest BCUT2D eigenvalue weighted by molar-refractivity contribution is -0.117. The SMILES string of the molecule is COc1ccc(NC(=O)CN2CCC[C@@H](c3nc4ccccc4s3)C2)cc1. The minimum absolute atomic E-state index is 0.0186. The minimum atomic E-state index is 0.0186. The van der Waals surface area contributed by atoms with Crippen LogP contribution in [0.3, 0.4) is 0 Å². The number of methoxy groups -OCH3 is 1. The Labute approximate surface area is 163 Å². The number of carbonyl (C=O) groups excluding carboxylic acids is 1. The summed E-state index contributed by atoms with van der Waals surface area (Å²) in [5.74, 6) is 1.21. The van der Waals surface area contributed by atoms with Gasteiger partial charge in [0.25, 0.3) is 0 Å². The number of rotatable bonds is 5. The van der Waals surface area contributed by atoms with E-state index in [9.17, 15) is 4.79 Å². The number of aromatic nitrogens is 1. The highest BCUT2D eigenvalue weighted by molar-refractivity contribution is 7.18. The summed E-state index contributed by atoms with van der Waals surface area (Å²) in [6, 6.07) is 15.7. The number of likely N-dealkylation sites (tertiary alicyclic amines) is 1. The number of hydrogen-bond acceptors (Lipinski definition) is 5. The molecule has 1 aliphatic rings. The molecule has 0 aliphatic carbocycles. The molecule has 0 spiro atoms. The Kier molecular flexibility index (Phi) is 5.36. The Morgan fingerprint density at radius 2 is 2.07 bits per heavy atom. The van der Waals surface area contributed by atoms with Crippen molar-refractivity contribution in [1.82, 2.24) is 9.88 Å². The summed E-state index contributed by atoms with van der Waals surface area (Å²) >= 11 is 1.78. The van der Waals surface area contributed by atoms with Crippen molar-refractivity contribution in [1.29, 1.82) is 0 Å². The Hall–Kier alpha value is -2.44. The lowest BCUT2D eigenvalue weighted by atomic mass is 9.99. The summed E-state index contributed by atoms with van der Waals surface area (Å²) in [6.45, 7) is 2.25. The standard InChI is InChI=1S/C21H23N3O2S/c1-26-17-10-8-16(9-11-17)22-20(25)14-24-12-4-5-15(13-24)21-23-18-6-2-3-7-19(18)27-21/h2-3,6-11,15H,4-5,12-14H2,1H3,(H,22,25)/t15-/m1/s1. The van der Waals surface area contributed by atoms with Crippen LogP contribution >= 0.6 is 11.3 Å². The second kappa shape index (κ2) is 8.06. The number of nitrogens with one attached hydrogen (secondary N) is 1. The number of amides is 1. The third-order valence-corrected chi connectivity index (χ3v) is 6.11. The normalized spacial score (nSPS) is 17.7. The van der Waals surface area contributed by atoms with Crippen LogP contribution in [0.4, 0.5) is 5.69 Å². The van der Waals surface area contributed by atoms with Gasteiger partial charge in [0.1, 0.15) is 5.75 Å². The molecule has 0 saturated carbocycles. The van der Waals surface area contributed by atoms with E-state index in [0.29, 0.717) is 12.5 Å². The topological polar surface area (TPSA) is 54.5 Å². The maximum absolute atomic E-state index is 12.4. The van der Waals surface area contributed by atoms with Crippen molar-refractivity contribution in [2.75, 3.05) is 32.1 Å². The number of fused-ring (bicyclic) bond motifs is 1. The van der Waals surface area contributed by atoms with E-state index in [-0.39, 0.29) is 5.91 Å². The molecule has 0 radical (unpaired) electrons. The first kappa shape index (κ1) is 17.9. The maximum Gasteiger partial charge on any atom is 0.238 e. The summed E-state index contributed by atoms with van der Waals surface area (Å²) in [4.78, 5) is 19.5. The third kappa shape index (κ3) is 4.28. The van der Waals surface area contributed by atoms with E-state index >= 15 is 0 Å². The van der Waals surface area contributed by atoms with Crippen LogP contribution < -0.4 is 10.1 Å². The Balaban J connectivity index is 1.36. The molecule has 1 aromatic heterocycles. The van der Waals surface area contributed by atoms with Crippen molar-refractivity contribution < 1.29 is 9.53 Å². The van der Waals surface area contributed by atoms with Crippen LogP contribution in [-0.2, 0) is 4.79 Å². The van der Waals surface area contributed by atoms with Gasteiger partial charge >= 0.3 is 0 Å². The molecular formula is C21H23N3O2S. The first-order valence-corrected chi connectivity index (χ1v) is 10.0. The van der Waals surface area contributed by atoms with Crippen LogP contribution in [0.25, 0.3) is 10.2 Å². The highest BCUT2D eigenvalue weighted by Gasteiger charge is 2.25. The fourth-order valence-corrected chi connectivity index (χ4v) is 4.64. The van der Waals surface area contributed by atoms with Crippen LogP contribution in [0.2, 0.25) is 0 Å². The number of ether oxygens (including phenoxy) is 1. The van der Waals surface area contributed by atoms with Crippen molar-refractivity contribution in [2.45, 2.75) is 18.8 Å². The van der Waals surface area contributed by atoms with E-state index in [1.807, 2.05) is 30.3 Å². The highest BCUT2D eigenvalue weighted by Crippen LogP contribution is 2.32. The van der Waals surface area contributed by atoms with E-state index in [4.69, 9.17) is 9.72 Å². The summed E-state index contributed by atoms with van der Waals surface area (Å²) in [7, 11) is 1.63. The van der Waals surface area contributed by atoms with Gasteiger partial charge in [-0.05, 0) is 55.8 Å². The molecule has 2 aromatic carbocycles. The predicted molar refractivity (Wildman–Crippen MR) is 110 cm³/mol. The van der Waals surface area contributed by atoms with Crippen LogP contribution in [0.5, 0.6) is 5.75 Å². The molecule has 27 heavy (non-hydrogen) atoms. The average molecular weight is 382 g/mol. The second-order valence-corrected chi connectivity index (χ2v) is 7.93. The highest BCUT2D eigenvalue weighted by atomic mass is 32.1. The van der Waals surface area contributed by atoms with Gasteiger partial charge < -0.3 is 10.1 Å². The fraction of sp³-hybridized carbons (Fsp3) is 0.333. The Bertz CT molecular complexity index is 890. The van der Waals surface area contributed by atoms with Gasteiger partial charge in [0.2, 0.25) is 5.91 Å². The zero-order valence-corrected chi connectivity index (χ0v) is 16.2. The lowest BCUT2D eigenvalue weighted by Crippen LogP contribution is -2.39. The van der Waals surface area contributed by atoms with Gasteiger partial charge in [-0.25, -0.2) is 4.98 Å². The van der Waals surface area contributed by atoms with Crippen LogP contribution in [-0.4, -0.2) is 42.5 Å². The summed E-state index contributed by atoms with van der Waals surface area (Å²) in [5.41, 5.74) is 1.87. The average Bonchev–Trinajstić information content (AvgIpc) is 3.13. The first-order valence-electron chi connectivity index (χ1n) is 9.23. The molecule has 5 nitrogen and oxygen atoms in total. The van der Waals surface area contributed by atoms with Crippen molar-refractivity contribution >= 4 is 33.1 Å². The number of piperidine rings is 1. The quantitative estimate of drug-likeness (QED) is 0.722. The monoisotopic (exact) mass is 381 g/mol. The molecule has 4 rings (SSSR count). The van der Waals surface area contributed by atoms with Gasteiger partial charge in [-0.1, -0.05) is 12.1 Å². The minimum Gasteiger partial charge on any atom is -0.497 e. The number of thiazole rings is 1. The summed E-state index contributed by atoms with van der Waals surface area (Å²) in [6.07, 6.45) is 2.23.